The molecule has 2 unspecified atom stereocenters. The van der Waals surface area contributed by atoms with Crippen LogP contribution in [0, 0.1) is 0 Å². The Kier molecular flexibility index (Phi) is 5.86. The molecule has 1 aliphatic rings. The van der Waals surface area contributed by atoms with Crippen molar-refractivity contribution in [1.29, 1.82) is 0 Å². The van der Waals surface area contributed by atoms with Crippen molar-refractivity contribution >= 4 is 17.9 Å². The number of ether oxygens (including phenoxy) is 1. The Balaban J connectivity index is 2.30. The van der Waals surface area contributed by atoms with Crippen molar-refractivity contribution in [3.8, 4) is 0 Å². The van der Waals surface area contributed by atoms with Crippen molar-refractivity contribution in [3.63, 3.8) is 0 Å². The molecule has 1 saturated carbocycles. The van der Waals surface area contributed by atoms with E-state index in [1.165, 1.54) is 12.8 Å². The summed E-state index contributed by atoms with van der Waals surface area (Å²) in [6.45, 7) is -0.0491. The number of nitrogens with one attached hydrogen (secondary N) is 1. The van der Waals surface area contributed by atoms with Gasteiger partial charge in [0, 0.05) is 11.3 Å². The van der Waals surface area contributed by atoms with E-state index in [1.807, 2.05) is 0 Å². The maximum atomic E-state index is 11.3. The zero-order valence-corrected chi connectivity index (χ0v) is 9.89. The van der Waals surface area contributed by atoms with Crippen molar-refractivity contribution < 1.29 is 14.6 Å². The first kappa shape index (κ1) is 12.6. The van der Waals surface area contributed by atoms with E-state index in [4.69, 9.17) is 9.84 Å². The van der Waals surface area contributed by atoms with E-state index in [-0.39, 0.29) is 19.3 Å². The maximum absolute atomic E-state index is 11.3. The third kappa shape index (κ3) is 4.30. The average Bonchev–Trinajstić information content (AvgIpc) is 2.27. The summed E-state index contributed by atoms with van der Waals surface area (Å²) >= 11 is 1.80. The van der Waals surface area contributed by atoms with Crippen molar-refractivity contribution in [3.05, 3.63) is 0 Å². The fourth-order valence-electron chi connectivity index (χ4n) is 1.88. The molecule has 1 rings (SSSR count). The first-order valence-corrected chi connectivity index (χ1v) is 6.63. The molecule has 1 amide bonds. The summed E-state index contributed by atoms with van der Waals surface area (Å²) in [5.74, 6) is 0. The van der Waals surface area contributed by atoms with Crippen molar-refractivity contribution in [1.82, 2.24) is 5.32 Å². The van der Waals surface area contributed by atoms with Crippen molar-refractivity contribution in [2.75, 3.05) is 19.5 Å². The lowest BCUT2D eigenvalue weighted by molar-refractivity contribution is 0.114. The minimum Gasteiger partial charge on any atom is -0.447 e. The highest BCUT2D eigenvalue weighted by Crippen LogP contribution is 2.27. The molecule has 5 heteroatoms. The predicted molar refractivity (Wildman–Crippen MR) is 61.1 cm³/mol. The SMILES string of the molecule is CSC1CCCCC1NC(=O)OCCO. The van der Waals surface area contributed by atoms with Gasteiger partial charge in [0.05, 0.1) is 6.61 Å². The third-order valence-electron chi connectivity index (χ3n) is 2.63. The number of thioether (sulfide) groups is 1. The zero-order chi connectivity index (χ0) is 11.1. The van der Waals surface area contributed by atoms with Crippen LogP contribution in [0.5, 0.6) is 0 Å². The highest BCUT2D eigenvalue weighted by Gasteiger charge is 2.25. The Morgan fingerprint density at radius 2 is 2.27 bits per heavy atom. The summed E-state index contributed by atoms with van der Waals surface area (Å²) in [6, 6.07) is 0.222. The number of hydrogen-bond acceptors (Lipinski definition) is 4. The number of aliphatic hydroxyl groups is 1. The monoisotopic (exact) mass is 233 g/mol. The second-order valence-corrected chi connectivity index (χ2v) is 4.75. The molecule has 0 aromatic heterocycles. The zero-order valence-electron chi connectivity index (χ0n) is 9.07. The van der Waals surface area contributed by atoms with Gasteiger partial charge in [0.2, 0.25) is 0 Å². The van der Waals surface area contributed by atoms with Crippen LogP contribution in [0.25, 0.3) is 0 Å². The van der Waals surface area contributed by atoms with Crippen LogP contribution in [0.3, 0.4) is 0 Å². The summed E-state index contributed by atoms with van der Waals surface area (Å²) in [7, 11) is 0. The van der Waals surface area contributed by atoms with E-state index in [0.29, 0.717) is 5.25 Å². The minimum absolute atomic E-state index is 0.0719. The molecule has 0 aliphatic heterocycles. The normalized spacial score (nSPS) is 26.0. The van der Waals surface area contributed by atoms with Gasteiger partial charge in [0.1, 0.15) is 6.61 Å². The van der Waals surface area contributed by atoms with Crippen LogP contribution in [-0.4, -0.2) is 42.0 Å². The lowest BCUT2D eigenvalue weighted by Crippen LogP contribution is -2.44. The molecule has 1 aliphatic carbocycles. The number of carbonyl (C=O) groups excluding carboxylic acids is 1. The van der Waals surface area contributed by atoms with Gasteiger partial charge in [0.15, 0.2) is 0 Å². The second-order valence-electron chi connectivity index (χ2n) is 3.67. The largest absolute Gasteiger partial charge is 0.447 e. The van der Waals surface area contributed by atoms with Crippen LogP contribution < -0.4 is 5.32 Å². The van der Waals surface area contributed by atoms with E-state index >= 15 is 0 Å². The molecule has 15 heavy (non-hydrogen) atoms. The Morgan fingerprint density at radius 1 is 1.53 bits per heavy atom. The number of hydrogen-bond donors (Lipinski definition) is 2. The van der Waals surface area contributed by atoms with E-state index in [9.17, 15) is 4.79 Å². The molecular weight excluding hydrogens is 214 g/mol. The Bertz CT molecular complexity index is 201. The first-order chi connectivity index (χ1) is 7.27. The van der Waals surface area contributed by atoms with Crippen LogP contribution in [0.4, 0.5) is 4.79 Å². The fraction of sp³-hybridized carbons (Fsp3) is 0.900. The smallest absolute Gasteiger partial charge is 0.407 e. The summed E-state index contributed by atoms with van der Waals surface area (Å²) in [6.07, 6.45) is 6.27. The van der Waals surface area contributed by atoms with Gasteiger partial charge in [-0.25, -0.2) is 4.79 Å². The molecule has 0 aromatic carbocycles. The summed E-state index contributed by atoms with van der Waals surface area (Å²) < 4.78 is 4.78. The standard InChI is InChI=1S/C10H19NO3S/c1-15-9-5-3-2-4-8(9)11-10(13)14-7-6-12/h8-9,12H,2-7H2,1H3,(H,11,13). The van der Waals surface area contributed by atoms with Gasteiger partial charge in [0.25, 0.3) is 0 Å². The lowest BCUT2D eigenvalue weighted by atomic mass is 9.95. The average molecular weight is 233 g/mol. The van der Waals surface area contributed by atoms with E-state index < -0.39 is 6.09 Å². The van der Waals surface area contributed by atoms with Gasteiger partial charge in [-0.3, -0.25) is 0 Å². The van der Waals surface area contributed by atoms with Crippen LogP contribution in [0.2, 0.25) is 0 Å². The Labute approximate surface area is 94.8 Å². The lowest BCUT2D eigenvalue weighted by Gasteiger charge is -2.30. The molecule has 0 radical (unpaired) electrons. The van der Waals surface area contributed by atoms with E-state index in [0.717, 1.165) is 12.8 Å². The molecule has 88 valence electrons. The van der Waals surface area contributed by atoms with Gasteiger partial charge < -0.3 is 15.2 Å². The quantitative estimate of drug-likeness (QED) is 0.770. The number of alkyl carbamates (subject to hydrolysis) is 1. The highest BCUT2D eigenvalue weighted by atomic mass is 32.2. The summed E-state index contributed by atoms with van der Waals surface area (Å²) in [5, 5.41) is 11.9. The second kappa shape index (κ2) is 6.95. The van der Waals surface area contributed by atoms with E-state index in [2.05, 4.69) is 11.6 Å². The summed E-state index contributed by atoms with van der Waals surface area (Å²) in [4.78, 5) is 11.3. The van der Waals surface area contributed by atoms with Gasteiger partial charge in [-0.05, 0) is 19.1 Å². The molecule has 1 fully saturated rings. The highest BCUT2D eigenvalue weighted by molar-refractivity contribution is 7.99. The van der Waals surface area contributed by atoms with Crippen molar-refractivity contribution in [2.24, 2.45) is 0 Å². The van der Waals surface area contributed by atoms with E-state index in [1.54, 1.807) is 11.8 Å². The topological polar surface area (TPSA) is 58.6 Å². The molecule has 0 bridgehead atoms. The van der Waals surface area contributed by atoms with Crippen molar-refractivity contribution in [2.45, 2.75) is 37.0 Å². The van der Waals surface area contributed by atoms with Crippen LogP contribution >= 0.6 is 11.8 Å². The van der Waals surface area contributed by atoms with Gasteiger partial charge in [-0.1, -0.05) is 12.8 Å². The van der Waals surface area contributed by atoms with Gasteiger partial charge >= 0.3 is 6.09 Å². The Morgan fingerprint density at radius 3 is 2.93 bits per heavy atom. The number of rotatable bonds is 4. The fourth-order valence-corrected chi connectivity index (χ4v) is 2.81. The molecule has 2 N–H and O–H groups in total. The Hall–Kier alpha value is -0.420. The molecule has 2 atom stereocenters. The predicted octanol–water partition coefficient (Wildman–Crippen LogP) is 1.38. The number of carbonyl (C=O) groups is 1. The van der Waals surface area contributed by atoms with Crippen LogP contribution in [0.1, 0.15) is 25.7 Å². The summed E-state index contributed by atoms with van der Waals surface area (Å²) in [5.41, 5.74) is 0. The van der Waals surface area contributed by atoms with Crippen LogP contribution in [0.15, 0.2) is 0 Å². The maximum Gasteiger partial charge on any atom is 0.407 e. The molecule has 0 aromatic rings. The number of amides is 1. The molecule has 0 saturated heterocycles. The molecule has 0 heterocycles. The minimum atomic E-state index is -0.407. The number of aliphatic hydroxyl groups excluding tert-OH is 1. The first-order valence-electron chi connectivity index (χ1n) is 5.35. The van der Waals surface area contributed by atoms with Gasteiger partial charge in [-0.15, -0.1) is 0 Å². The molecule has 4 nitrogen and oxygen atoms in total. The molecule has 0 spiro atoms. The van der Waals surface area contributed by atoms with Crippen LogP contribution in [-0.2, 0) is 4.74 Å². The molecular formula is C10H19NO3S. The third-order valence-corrected chi connectivity index (χ3v) is 3.80. The van der Waals surface area contributed by atoms with Gasteiger partial charge in [-0.2, -0.15) is 11.8 Å².